The van der Waals surface area contributed by atoms with E-state index in [0.29, 0.717) is 0 Å². The summed E-state index contributed by atoms with van der Waals surface area (Å²) in [4.78, 5) is 0. The van der Waals surface area contributed by atoms with Gasteiger partial charge in [-0.05, 0) is 27.4 Å². The van der Waals surface area contributed by atoms with Gasteiger partial charge in [0.1, 0.15) is 13.3 Å². The Balaban J connectivity index is 1.87. The summed E-state index contributed by atoms with van der Waals surface area (Å²) in [5.74, 6) is 0.951. The second-order valence-corrected chi connectivity index (χ2v) is 23.4. The molecule has 0 fully saturated rings. The first kappa shape index (κ1) is 21.7. The summed E-state index contributed by atoms with van der Waals surface area (Å²) >= 11 is 0. The molecular weight excluding hydrogens is 433 g/mol. The lowest BCUT2D eigenvalue weighted by Gasteiger charge is -2.43. The molecule has 0 unspecified atom stereocenters. The average Bonchev–Trinajstić information content (AvgIpc) is 2.87. The number of hydrogen-bond acceptors (Lipinski definition) is 1. The van der Waals surface area contributed by atoms with Crippen molar-refractivity contribution in [2.75, 3.05) is 7.11 Å². The van der Waals surface area contributed by atoms with E-state index in [-0.39, 0.29) is 0 Å². The number of ether oxygens (including phenoxy) is 1. The Morgan fingerprint density at radius 3 is 1.85 bits per heavy atom. The number of rotatable bonds is 5. The highest BCUT2D eigenvalue weighted by atomic mass is 29.3. The molecule has 0 aromatic heterocycles. The van der Waals surface area contributed by atoms with Crippen LogP contribution in [0.15, 0.2) is 109 Å². The van der Waals surface area contributed by atoms with Gasteiger partial charge in [0, 0.05) is 5.39 Å². The molecule has 5 aromatic carbocycles. The van der Waals surface area contributed by atoms with Crippen molar-refractivity contribution < 1.29 is 4.74 Å². The molecule has 33 heavy (non-hydrogen) atoms. The number of hydrogen-bond donors (Lipinski definition) is 0. The van der Waals surface area contributed by atoms with Crippen LogP contribution >= 0.6 is 0 Å². The van der Waals surface area contributed by atoms with Crippen molar-refractivity contribution in [3.8, 4) is 5.75 Å². The molecule has 164 valence electrons. The van der Waals surface area contributed by atoms with Crippen molar-refractivity contribution >= 4 is 52.3 Å². The van der Waals surface area contributed by atoms with Gasteiger partial charge in [-0.25, -0.2) is 0 Å². The summed E-state index contributed by atoms with van der Waals surface area (Å²) in [6, 6.07) is 40.4. The van der Waals surface area contributed by atoms with E-state index >= 15 is 0 Å². The van der Waals surface area contributed by atoms with Crippen LogP contribution in [0.2, 0.25) is 19.6 Å². The van der Waals surface area contributed by atoms with Crippen LogP contribution in [0.1, 0.15) is 0 Å². The van der Waals surface area contributed by atoms with Crippen LogP contribution in [-0.2, 0) is 0 Å². The monoisotopic (exact) mass is 462 g/mol. The van der Waals surface area contributed by atoms with Crippen molar-refractivity contribution in [3.63, 3.8) is 0 Å². The molecule has 0 bridgehead atoms. The molecule has 0 spiro atoms. The van der Waals surface area contributed by atoms with Gasteiger partial charge in [-0.2, -0.15) is 0 Å². The van der Waals surface area contributed by atoms with Gasteiger partial charge < -0.3 is 4.74 Å². The average molecular weight is 463 g/mol. The molecule has 5 aromatic rings. The van der Waals surface area contributed by atoms with Crippen LogP contribution in [0.5, 0.6) is 5.75 Å². The number of methoxy groups -OCH3 is 1. The second kappa shape index (κ2) is 8.33. The highest BCUT2D eigenvalue weighted by Gasteiger charge is 2.50. The van der Waals surface area contributed by atoms with Crippen molar-refractivity contribution in [1.82, 2.24) is 0 Å². The zero-order chi connectivity index (χ0) is 23.1. The fourth-order valence-electron chi connectivity index (χ4n) is 5.55. The Morgan fingerprint density at radius 1 is 0.515 bits per heavy atom. The SMILES string of the molecule is COc1ccc([Si](C)(C)[Si@@](C)(c2ccccc2)c2cccc3ccccc23)c2ccccc12. The molecule has 0 amide bonds. The Morgan fingerprint density at radius 2 is 1.12 bits per heavy atom. The fraction of sp³-hybridized carbons (Fsp3) is 0.133. The molecule has 1 atom stereocenters. The minimum Gasteiger partial charge on any atom is -0.496 e. The fourth-order valence-corrected chi connectivity index (χ4v) is 18.8. The molecule has 0 saturated heterocycles. The van der Waals surface area contributed by atoms with Gasteiger partial charge in [0.25, 0.3) is 0 Å². The molecule has 5 rings (SSSR count). The molecule has 0 saturated carbocycles. The van der Waals surface area contributed by atoms with E-state index in [4.69, 9.17) is 4.74 Å². The summed E-state index contributed by atoms with van der Waals surface area (Å²) in [6.45, 7) is 7.78. The number of fused-ring (bicyclic) bond motifs is 2. The maximum Gasteiger partial charge on any atom is 0.126 e. The first-order chi connectivity index (χ1) is 16.0. The van der Waals surface area contributed by atoms with Crippen LogP contribution in [0, 0.1) is 0 Å². The maximum absolute atomic E-state index is 5.73. The van der Waals surface area contributed by atoms with Crippen molar-refractivity contribution in [2.24, 2.45) is 0 Å². The van der Waals surface area contributed by atoms with Crippen LogP contribution in [-0.4, -0.2) is 22.3 Å². The van der Waals surface area contributed by atoms with E-state index in [1.165, 1.54) is 31.9 Å². The molecule has 3 heteroatoms. The van der Waals surface area contributed by atoms with Gasteiger partial charge in [-0.15, -0.1) is 0 Å². The molecule has 0 aliphatic rings. The zero-order valence-electron chi connectivity index (χ0n) is 19.8. The lowest BCUT2D eigenvalue weighted by Crippen LogP contribution is -2.77. The first-order valence-electron chi connectivity index (χ1n) is 11.6. The summed E-state index contributed by atoms with van der Waals surface area (Å²) in [7, 11) is -2.46. The molecular formula is C30H30OSi2. The van der Waals surface area contributed by atoms with Crippen molar-refractivity contribution in [2.45, 2.75) is 19.6 Å². The minimum absolute atomic E-state index is 0.951. The molecule has 0 aliphatic carbocycles. The van der Waals surface area contributed by atoms with Crippen molar-refractivity contribution in [3.05, 3.63) is 109 Å². The molecule has 0 N–H and O–H groups in total. The summed E-state index contributed by atoms with van der Waals surface area (Å²) < 4.78 is 5.73. The van der Waals surface area contributed by atoms with E-state index in [9.17, 15) is 0 Å². The normalized spacial score (nSPS) is 13.7. The van der Waals surface area contributed by atoms with Crippen LogP contribution in [0.25, 0.3) is 21.5 Å². The lowest BCUT2D eigenvalue weighted by atomic mass is 10.1. The molecule has 0 aliphatic heterocycles. The predicted molar refractivity (Wildman–Crippen MR) is 149 cm³/mol. The first-order valence-corrected chi connectivity index (χ1v) is 18.1. The maximum atomic E-state index is 5.73. The minimum atomic E-state index is -2.18. The standard InChI is InChI=1S/C30H30OSi2/c1-31-28-21-22-29(27-19-11-10-18-26(27)28)32(2,3)33(4,24-15-6-5-7-16-24)30-20-12-14-23-13-8-9-17-25(23)30/h5-22H,1-4H3/t33-/m0/s1. The Bertz CT molecular complexity index is 1440. The van der Waals surface area contributed by atoms with Gasteiger partial charge >= 0.3 is 0 Å². The predicted octanol–water partition coefficient (Wildman–Crippen LogP) is 5.89. The lowest BCUT2D eigenvalue weighted by molar-refractivity contribution is 0.420. The van der Waals surface area contributed by atoms with Gasteiger partial charge in [0.15, 0.2) is 0 Å². The third-order valence-electron chi connectivity index (χ3n) is 7.71. The largest absolute Gasteiger partial charge is 0.496 e. The van der Waals surface area contributed by atoms with E-state index in [1.54, 1.807) is 12.3 Å². The van der Waals surface area contributed by atoms with Gasteiger partial charge in [-0.1, -0.05) is 133 Å². The Labute approximate surface area is 198 Å². The van der Waals surface area contributed by atoms with Crippen LogP contribution in [0.4, 0.5) is 0 Å². The number of benzene rings is 5. The van der Waals surface area contributed by atoms with E-state index in [1.807, 2.05) is 0 Å². The summed E-state index contributed by atoms with van der Waals surface area (Å²) in [5.41, 5.74) is 0. The highest BCUT2D eigenvalue weighted by Crippen LogP contribution is 2.30. The third-order valence-corrected chi connectivity index (χ3v) is 25.0. The van der Waals surface area contributed by atoms with Gasteiger partial charge in [0.2, 0.25) is 0 Å². The second-order valence-electron chi connectivity index (χ2n) is 9.50. The van der Waals surface area contributed by atoms with E-state index < -0.39 is 15.2 Å². The summed E-state index contributed by atoms with van der Waals surface area (Å²) in [6.07, 6.45) is 0. The van der Waals surface area contributed by atoms with Gasteiger partial charge in [0.05, 0.1) is 14.7 Å². The third kappa shape index (κ3) is 3.35. The van der Waals surface area contributed by atoms with Gasteiger partial charge in [-0.3, -0.25) is 0 Å². The smallest absolute Gasteiger partial charge is 0.126 e. The summed E-state index contributed by atoms with van der Waals surface area (Å²) in [5, 5.41) is 9.85. The topological polar surface area (TPSA) is 9.23 Å². The Hall–Kier alpha value is -3.15. The molecule has 1 nitrogen and oxygen atoms in total. The van der Waals surface area contributed by atoms with E-state index in [2.05, 4.69) is 129 Å². The molecule has 0 radical (unpaired) electrons. The highest BCUT2D eigenvalue weighted by molar-refractivity contribution is 7.55. The van der Waals surface area contributed by atoms with Crippen LogP contribution in [0.3, 0.4) is 0 Å². The Kier molecular flexibility index (Phi) is 5.47. The van der Waals surface area contributed by atoms with E-state index in [0.717, 1.165) is 5.75 Å². The van der Waals surface area contributed by atoms with Crippen LogP contribution < -0.4 is 20.3 Å². The quantitative estimate of drug-likeness (QED) is 0.296. The zero-order valence-corrected chi connectivity index (χ0v) is 21.8. The molecule has 0 heterocycles. The van der Waals surface area contributed by atoms with Crippen molar-refractivity contribution in [1.29, 1.82) is 0 Å².